The molecule has 0 aliphatic carbocycles. The van der Waals surface area contributed by atoms with Crippen LogP contribution in [0.3, 0.4) is 0 Å². The molecule has 0 saturated carbocycles. The van der Waals surface area contributed by atoms with E-state index in [0.717, 1.165) is 37.9 Å². The van der Waals surface area contributed by atoms with E-state index in [1.165, 1.54) is 23.8 Å². The van der Waals surface area contributed by atoms with Crippen molar-refractivity contribution >= 4 is 39.8 Å². The third kappa shape index (κ3) is 10.6. The second kappa shape index (κ2) is 14.3. The van der Waals surface area contributed by atoms with Crippen LogP contribution >= 0.6 is 24.0 Å². The first-order chi connectivity index (χ1) is 14.8. The molecule has 0 atom stereocenters. The summed E-state index contributed by atoms with van der Waals surface area (Å²) in [6.45, 7) is 3.80. The highest BCUT2D eigenvalue weighted by atomic mass is 127. The van der Waals surface area contributed by atoms with Crippen molar-refractivity contribution in [1.29, 1.82) is 0 Å². The van der Waals surface area contributed by atoms with Crippen molar-refractivity contribution in [2.75, 3.05) is 26.5 Å². The van der Waals surface area contributed by atoms with Crippen LogP contribution in [0.5, 0.6) is 5.75 Å². The van der Waals surface area contributed by atoms with E-state index in [2.05, 4.69) is 22.5 Å². The van der Waals surface area contributed by atoms with Gasteiger partial charge in [-0.3, -0.25) is 4.99 Å². The lowest BCUT2D eigenvalue weighted by Gasteiger charge is -2.14. The molecule has 0 spiro atoms. The molecular formula is C23H33FIN3O3S. The minimum Gasteiger partial charge on any atom is -0.494 e. The molecule has 0 aliphatic rings. The maximum atomic E-state index is 13.7. The van der Waals surface area contributed by atoms with Crippen LogP contribution in [0.25, 0.3) is 0 Å². The molecule has 0 bridgehead atoms. The molecular weight excluding hydrogens is 544 g/mol. The summed E-state index contributed by atoms with van der Waals surface area (Å²) in [6.07, 6.45) is 4.12. The Morgan fingerprint density at radius 3 is 2.44 bits per heavy atom. The Bertz CT molecular complexity index is 967. The van der Waals surface area contributed by atoms with Gasteiger partial charge in [0, 0.05) is 26.4 Å². The molecule has 2 N–H and O–H groups in total. The summed E-state index contributed by atoms with van der Waals surface area (Å²) in [6, 6.07) is 12.2. The standard InChI is InChI=1S/C23H32FN3O3S.HI/c1-4-5-14-30-22-10-6-18(7-11-22)12-13-26-23(25-2)27-16-20-15-21(24)9-8-19(20)17-31(3,28)29;/h6-11,15H,4-5,12-14,16-17H2,1-3H3,(H2,25,26,27);1H. The van der Waals surface area contributed by atoms with E-state index < -0.39 is 15.7 Å². The fraction of sp³-hybridized carbons (Fsp3) is 0.435. The lowest BCUT2D eigenvalue weighted by atomic mass is 10.1. The van der Waals surface area contributed by atoms with E-state index in [1.807, 2.05) is 24.3 Å². The molecule has 178 valence electrons. The number of nitrogens with one attached hydrogen (secondary N) is 2. The van der Waals surface area contributed by atoms with Crippen molar-refractivity contribution < 1.29 is 17.5 Å². The number of hydrogen-bond donors (Lipinski definition) is 2. The molecule has 0 amide bonds. The van der Waals surface area contributed by atoms with E-state index in [0.29, 0.717) is 23.6 Å². The molecule has 0 fully saturated rings. The molecule has 0 saturated heterocycles. The lowest BCUT2D eigenvalue weighted by Crippen LogP contribution is -2.38. The average Bonchev–Trinajstić information content (AvgIpc) is 2.72. The van der Waals surface area contributed by atoms with Gasteiger partial charge in [-0.25, -0.2) is 12.8 Å². The highest BCUT2D eigenvalue weighted by Gasteiger charge is 2.11. The Morgan fingerprint density at radius 1 is 1.09 bits per heavy atom. The number of benzene rings is 2. The zero-order chi connectivity index (χ0) is 22.7. The molecule has 0 aliphatic heterocycles. The summed E-state index contributed by atoms with van der Waals surface area (Å²) >= 11 is 0. The van der Waals surface area contributed by atoms with Crippen LogP contribution in [0.1, 0.15) is 36.5 Å². The molecule has 9 heteroatoms. The predicted octanol–water partition coefficient (Wildman–Crippen LogP) is 4.07. The van der Waals surface area contributed by atoms with Crippen LogP contribution in [0.2, 0.25) is 0 Å². The van der Waals surface area contributed by atoms with Gasteiger partial charge in [-0.2, -0.15) is 0 Å². The van der Waals surface area contributed by atoms with Crippen molar-refractivity contribution in [3.8, 4) is 5.75 Å². The number of unbranched alkanes of at least 4 members (excludes halogenated alkanes) is 1. The van der Waals surface area contributed by atoms with Crippen LogP contribution in [0, 0.1) is 5.82 Å². The Morgan fingerprint density at radius 2 is 1.81 bits per heavy atom. The Hall–Kier alpha value is -1.88. The zero-order valence-electron chi connectivity index (χ0n) is 18.9. The average molecular weight is 578 g/mol. The Labute approximate surface area is 208 Å². The second-order valence-corrected chi connectivity index (χ2v) is 9.57. The van der Waals surface area contributed by atoms with Crippen molar-refractivity contribution in [3.05, 3.63) is 65.0 Å². The normalized spacial score (nSPS) is 11.6. The third-order valence-corrected chi connectivity index (χ3v) is 5.49. The van der Waals surface area contributed by atoms with Crippen LogP contribution in [-0.2, 0) is 28.6 Å². The molecule has 0 unspecified atom stereocenters. The van der Waals surface area contributed by atoms with E-state index in [4.69, 9.17) is 4.74 Å². The van der Waals surface area contributed by atoms with Gasteiger partial charge in [0.15, 0.2) is 15.8 Å². The number of aliphatic imine (C=N–C) groups is 1. The van der Waals surface area contributed by atoms with Crippen LogP contribution in [0.15, 0.2) is 47.5 Å². The molecule has 32 heavy (non-hydrogen) atoms. The van der Waals surface area contributed by atoms with Gasteiger partial charge >= 0.3 is 0 Å². The molecule has 0 heterocycles. The van der Waals surface area contributed by atoms with Gasteiger partial charge in [0.2, 0.25) is 0 Å². The number of nitrogens with zero attached hydrogens (tertiary/aromatic N) is 1. The third-order valence-electron chi connectivity index (χ3n) is 4.65. The maximum Gasteiger partial charge on any atom is 0.191 e. The Kier molecular flexibility index (Phi) is 12.6. The zero-order valence-corrected chi connectivity index (χ0v) is 22.0. The molecule has 2 aromatic carbocycles. The van der Waals surface area contributed by atoms with E-state index in [9.17, 15) is 12.8 Å². The van der Waals surface area contributed by atoms with E-state index in [-0.39, 0.29) is 36.3 Å². The van der Waals surface area contributed by atoms with Crippen LogP contribution < -0.4 is 15.4 Å². The number of hydrogen-bond acceptors (Lipinski definition) is 4. The first kappa shape index (κ1) is 28.2. The van der Waals surface area contributed by atoms with Crippen molar-refractivity contribution in [1.82, 2.24) is 10.6 Å². The number of ether oxygens (including phenoxy) is 1. The van der Waals surface area contributed by atoms with Gasteiger partial charge in [-0.1, -0.05) is 31.5 Å². The molecule has 6 nitrogen and oxygen atoms in total. The highest BCUT2D eigenvalue weighted by molar-refractivity contribution is 14.0. The SMILES string of the molecule is CCCCOc1ccc(CCNC(=NC)NCc2cc(F)ccc2CS(C)(=O)=O)cc1.I. The number of guanidine groups is 1. The second-order valence-electron chi connectivity index (χ2n) is 7.43. The maximum absolute atomic E-state index is 13.7. The van der Waals surface area contributed by atoms with Gasteiger partial charge in [-0.15, -0.1) is 24.0 Å². The number of sulfone groups is 1. The first-order valence-corrected chi connectivity index (χ1v) is 12.5. The minimum absolute atomic E-state index is 0. The van der Waals surface area contributed by atoms with Crippen molar-refractivity contribution in [2.45, 2.75) is 38.5 Å². The molecule has 2 aromatic rings. The Balaban J connectivity index is 0.00000512. The summed E-state index contributed by atoms with van der Waals surface area (Å²) in [5, 5.41) is 6.34. The smallest absolute Gasteiger partial charge is 0.191 e. The molecule has 0 radical (unpaired) electrons. The summed E-state index contributed by atoms with van der Waals surface area (Å²) in [7, 11) is -1.56. The van der Waals surface area contributed by atoms with Gasteiger partial charge in [0.25, 0.3) is 0 Å². The summed E-state index contributed by atoms with van der Waals surface area (Å²) in [5.41, 5.74) is 2.34. The lowest BCUT2D eigenvalue weighted by molar-refractivity contribution is 0.309. The van der Waals surface area contributed by atoms with Crippen LogP contribution in [-0.4, -0.2) is 40.8 Å². The van der Waals surface area contributed by atoms with E-state index >= 15 is 0 Å². The largest absolute Gasteiger partial charge is 0.494 e. The monoisotopic (exact) mass is 577 g/mol. The predicted molar refractivity (Wildman–Crippen MR) is 139 cm³/mol. The highest BCUT2D eigenvalue weighted by Crippen LogP contribution is 2.15. The number of rotatable bonds is 11. The summed E-state index contributed by atoms with van der Waals surface area (Å²) in [5.74, 6) is 0.907. The number of halogens is 2. The fourth-order valence-corrected chi connectivity index (χ4v) is 3.84. The molecule has 2 rings (SSSR count). The van der Waals surface area contributed by atoms with Gasteiger partial charge in [0.1, 0.15) is 11.6 Å². The van der Waals surface area contributed by atoms with Gasteiger partial charge in [0.05, 0.1) is 12.4 Å². The van der Waals surface area contributed by atoms with Crippen LogP contribution in [0.4, 0.5) is 4.39 Å². The first-order valence-electron chi connectivity index (χ1n) is 10.4. The quantitative estimate of drug-likeness (QED) is 0.182. The van der Waals surface area contributed by atoms with Gasteiger partial charge < -0.3 is 15.4 Å². The van der Waals surface area contributed by atoms with Crippen molar-refractivity contribution in [2.24, 2.45) is 4.99 Å². The van der Waals surface area contributed by atoms with Crippen molar-refractivity contribution in [3.63, 3.8) is 0 Å². The fourth-order valence-electron chi connectivity index (χ4n) is 2.99. The van der Waals surface area contributed by atoms with E-state index in [1.54, 1.807) is 7.05 Å². The minimum atomic E-state index is -3.22. The van der Waals surface area contributed by atoms with Gasteiger partial charge in [-0.05, 0) is 53.8 Å². The molecule has 0 aromatic heterocycles. The summed E-state index contributed by atoms with van der Waals surface area (Å²) < 4.78 is 42.6. The topological polar surface area (TPSA) is 79.8 Å². The summed E-state index contributed by atoms with van der Waals surface area (Å²) in [4.78, 5) is 4.18.